The van der Waals surface area contributed by atoms with Crippen LogP contribution in [0, 0.1) is 11.8 Å². The van der Waals surface area contributed by atoms with Crippen molar-refractivity contribution in [1.29, 1.82) is 0 Å². The molecule has 0 aromatic carbocycles. The molecular formula is C13H26N2O. The fourth-order valence-electron chi connectivity index (χ4n) is 2.82. The first-order valence-electron chi connectivity index (χ1n) is 6.67. The van der Waals surface area contributed by atoms with E-state index >= 15 is 0 Å². The van der Waals surface area contributed by atoms with Crippen LogP contribution in [-0.2, 0) is 4.74 Å². The second-order valence-corrected chi connectivity index (χ2v) is 5.53. The molecular weight excluding hydrogens is 200 g/mol. The first-order valence-corrected chi connectivity index (χ1v) is 6.67. The molecule has 1 saturated carbocycles. The Morgan fingerprint density at radius 2 is 2.12 bits per heavy atom. The second kappa shape index (κ2) is 5.48. The molecule has 3 atom stereocenters. The molecule has 0 aromatic rings. The van der Waals surface area contributed by atoms with E-state index in [2.05, 4.69) is 24.2 Å². The molecule has 0 bridgehead atoms. The Hall–Kier alpha value is -0.120. The van der Waals surface area contributed by atoms with Gasteiger partial charge >= 0.3 is 0 Å². The van der Waals surface area contributed by atoms with Gasteiger partial charge in [-0.2, -0.15) is 0 Å². The average Bonchev–Trinajstić information content (AvgIpc) is 3.12. The molecule has 3 heteroatoms. The van der Waals surface area contributed by atoms with Crippen LogP contribution >= 0.6 is 0 Å². The topological polar surface area (TPSA) is 24.5 Å². The number of ether oxygens (including phenoxy) is 1. The standard InChI is InChI=1S/C13H26N2O/c1-10-6-7-15(9-13(10)16-3)8-12(14-2)11-4-5-11/h10-14H,4-9H2,1-3H3. The van der Waals surface area contributed by atoms with Gasteiger partial charge in [0.2, 0.25) is 0 Å². The van der Waals surface area contributed by atoms with Crippen molar-refractivity contribution in [2.45, 2.75) is 38.3 Å². The zero-order valence-electron chi connectivity index (χ0n) is 10.9. The minimum atomic E-state index is 0.436. The third kappa shape index (κ3) is 2.96. The molecule has 2 rings (SSSR count). The summed E-state index contributed by atoms with van der Waals surface area (Å²) in [5.41, 5.74) is 0. The molecule has 0 amide bonds. The van der Waals surface area contributed by atoms with Crippen molar-refractivity contribution in [3.8, 4) is 0 Å². The Morgan fingerprint density at radius 1 is 1.38 bits per heavy atom. The van der Waals surface area contributed by atoms with Gasteiger partial charge in [-0.25, -0.2) is 0 Å². The number of rotatable bonds is 5. The van der Waals surface area contributed by atoms with Gasteiger partial charge in [0.1, 0.15) is 0 Å². The lowest BCUT2D eigenvalue weighted by Gasteiger charge is -2.37. The predicted molar refractivity (Wildman–Crippen MR) is 66.6 cm³/mol. The van der Waals surface area contributed by atoms with Crippen LogP contribution in [0.15, 0.2) is 0 Å². The van der Waals surface area contributed by atoms with Gasteiger partial charge in [0.05, 0.1) is 6.10 Å². The highest BCUT2D eigenvalue weighted by atomic mass is 16.5. The molecule has 3 unspecified atom stereocenters. The molecule has 3 nitrogen and oxygen atoms in total. The van der Waals surface area contributed by atoms with E-state index in [1.54, 1.807) is 0 Å². The number of nitrogens with one attached hydrogen (secondary N) is 1. The van der Waals surface area contributed by atoms with Gasteiger partial charge in [-0.1, -0.05) is 6.92 Å². The molecule has 1 N–H and O–H groups in total. The highest BCUT2D eigenvalue weighted by Crippen LogP contribution is 2.33. The summed E-state index contributed by atoms with van der Waals surface area (Å²) in [6, 6.07) is 0.700. The first kappa shape index (κ1) is 12.3. The molecule has 0 radical (unpaired) electrons. The number of likely N-dealkylation sites (tertiary alicyclic amines) is 1. The Kier molecular flexibility index (Phi) is 4.22. The molecule has 94 valence electrons. The van der Waals surface area contributed by atoms with E-state index in [4.69, 9.17) is 4.74 Å². The van der Waals surface area contributed by atoms with Crippen molar-refractivity contribution in [2.24, 2.45) is 11.8 Å². The van der Waals surface area contributed by atoms with Gasteiger partial charge in [0.15, 0.2) is 0 Å². The highest BCUT2D eigenvalue weighted by Gasteiger charge is 2.33. The Balaban J connectivity index is 1.80. The minimum Gasteiger partial charge on any atom is -0.380 e. The minimum absolute atomic E-state index is 0.436. The monoisotopic (exact) mass is 226 g/mol. The number of hydrogen-bond donors (Lipinski definition) is 1. The molecule has 1 saturated heterocycles. The van der Waals surface area contributed by atoms with Crippen LogP contribution in [0.25, 0.3) is 0 Å². The molecule has 1 aliphatic carbocycles. The lowest BCUT2D eigenvalue weighted by Crippen LogP contribution is -2.49. The van der Waals surface area contributed by atoms with E-state index in [-0.39, 0.29) is 0 Å². The van der Waals surface area contributed by atoms with Gasteiger partial charge < -0.3 is 10.1 Å². The first-order chi connectivity index (χ1) is 7.74. The smallest absolute Gasteiger partial charge is 0.0724 e. The molecule has 2 aliphatic rings. The van der Waals surface area contributed by atoms with Gasteiger partial charge in [-0.15, -0.1) is 0 Å². The van der Waals surface area contributed by atoms with Crippen molar-refractivity contribution in [3.05, 3.63) is 0 Å². The number of nitrogens with zero attached hydrogens (tertiary/aromatic N) is 1. The summed E-state index contributed by atoms with van der Waals surface area (Å²) in [5.74, 6) is 1.65. The van der Waals surface area contributed by atoms with E-state index in [0.29, 0.717) is 12.1 Å². The van der Waals surface area contributed by atoms with E-state index in [1.807, 2.05) is 7.11 Å². The summed E-state index contributed by atoms with van der Waals surface area (Å²) in [6.45, 7) is 5.87. The van der Waals surface area contributed by atoms with Gasteiger partial charge in [-0.05, 0) is 44.7 Å². The number of piperidine rings is 1. The molecule has 0 spiro atoms. The second-order valence-electron chi connectivity index (χ2n) is 5.53. The van der Waals surface area contributed by atoms with Crippen LogP contribution < -0.4 is 5.32 Å². The SMILES string of the molecule is CNC(CN1CCC(C)C(OC)C1)C1CC1. The number of methoxy groups -OCH3 is 1. The summed E-state index contributed by atoms with van der Waals surface area (Å²) in [7, 11) is 3.95. The maximum absolute atomic E-state index is 5.56. The summed E-state index contributed by atoms with van der Waals surface area (Å²) in [4.78, 5) is 2.58. The molecule has 16 heavy (non-hydrogen) atoms. The van der Waals surface area contributed by atoms with Crippen LogP contribution in [0.2, 0.25) is 0 Å². The maximum Gasteiger partial charge on any atom is 0.0724 e. The summed E-state index contributed by atoms with van der Waals surface area (Å²) in [5, 5.41) is 3.47. The quantitative estimate of drug-likeness (QED) is 0.765. The van der Waals surface area contributed by atoms with Crippen LogP contribution in [0.3, 0.4) is 0 Å². The summed E-state index contributed by atoms with van der Waals surface area (Å²) < 4.78 is 5.56. The van der Waals surface area contributed by atoms with Crippen molar-refractivity contribution >= 4 is 0 Å². The van der Waals surface area contributed by atoms with Crippen molar-refractivity contribution < 1.29 is 4.74 Å². The van der Waals surface area contributed by atoms with Crippen molar-refractivity contribution in [2.75, 3.05) is 33.8 Å². The number of likely N-dealkylation sites (N-methyl/N-ethyl adjacent to an activating group) is 1. The van der Waals surface area contributed by atoms with E-state index in [1.165, 1.54) is 32.4 Å². The third-order valence-electron chi connectivity index (χ3n) is 4.29. The van der Waals surface area contributed by atoms with Crippen molar-refractivity contribution in [1.82, 2.24) is 10.2 Å². The third-order valence-corrected chi connectivity index (χ3v) is 4.29. The Bertz CT molecular complexity index is 218. The zero-order valence-corrected chi connectivity index (χ0v) is 10.9. The van der Waals surface area contributed by atoms with Gasteiger partial charge in [0.25, 0.3) is 0 Å². The van der Waals surface area contributed by atoms with Crippen molar-refractivity contribution in [3.63, 3.8) is 0 Å². The van der Waals surface area contributed by atoms with E-state index < -0.39 is 0 Å². The van der Waals surface area contributed by atoms with Crippen LogP contribution in [0.4, 0.5) is 0 Å². The summed E-state index contributed by atoms with van der Waals surface area (Å²) >= 11 is 0. The lowest BCUT2D eigenvalue weighted by molar-refractivity contribution is -0.00783. The fourth-order valence-corrected chi connectivity index (χ4v) is 2.82. The zero-order chi connectivity index (χ0) is 11.5. The van der Waals surface area contributed by atoms with Crippen LogP contribution in [0.5, 0.6) is 0 Å². The molecule has 1 heterocycles. The summed E-state index contributed by atoms with van der Waals surface area (Å²) in [6.07, 6.45) is 4.55. The Morgan fingerprint density at radius 3 is 2.69 bits per heavy atom. The average molecular weight is 226 g/mol. The highest BCUT2D eigenvalue weighted by molar-refractivity contribution is 4.89. The molecule has 0 aromatic heterocycles. The largest absolute Gasteiger partial charge is 0.380 e. The van der Waals surface area contributed by atoms with E-state index in [0.717, 1.165) is 18.4 Å². The molecule has 2 fully saturated rings. The van der Waals surface area contributed by atoms with Crippen LogP contribution in [0.1, 0.15) is 26.2 Å². The maximum atomic E-state index is 5.56. The lowest BCUT2D eigenvalue weighted by atomic mass is 9.95. The Labute approximate surface area is 99.5 Å². The van der Waals surface area contributed by atoms with Crippen LogP contribution in [-0.4, -0.2) is 50.8 Å². The fraction of sp³-hybridized carbons (Fsp3) is 1.00. The molecule has 1 aliphatic heterocycles. The van der Waals surface area contributed by atoms with E-state index in [9.17, 15) is 0 Å². The van der Waals surface area contributed by atoms with Gasteiger partial charge in [-0.3, -0.25) is 4.90 Å². The number of hydrogen-bond acceptors (Lipinski definition) is 3. The predicted octanol–water partition coefficient (Wildman–Crippen LogP) is 1.34. The van der Waals surface area contributed by atoms with Gasteiger partial charge in [0, 0.05) is 26.2 Å². The normalized spacial score (nSPS) is 33.9.